The van der Waals surface area contributed by atoms with Crippen molar-refractivity contribution in [3.05, 3.63) is 35.4 Å². The molecule has 0 aliphatic carbocycles. The quantitative estimate of drug-likeness (QED) is 0.910. The van der Waals surface area contributed by atoms with Gasteiger partial charge in [0.25, 0.3) is 0 Å². The number of aryl methyl sites for hydroxylation is 1. The van der Waals surface area contributed by atoms with Crippen LogP contribution in [0, 0.1) is 5.41 Å². The van der Waals surface area contributed by atoms with Crippen molar-refractivity contribution < 1.29 is 0 Å². The summed E-state index contributed by atoms with van der Waals surface area (Å²) in [4.78, 5) is 2.72. The average Bonchev–Trinajstić information content (AvgIpc) is 2.55. The van der Waals surface area contributed by atoms with E-state index in [0.717, 1.165) is 6.42 Å². The first-order chi connectivity index (χ1) is 10.2. The monoisotopic (exact) mass is 286 g/mol. The number of rotatable bonds is 3. The molecule has 2 aliphatic heterocycles. The van der Waals surface area contributed by atoms with Gasteiger partial charge in [0, 0.05) is 19.1 Å². The van der Waals surface area contributed by atoms with Gasteiger partial charge in [0.2, 0.25) is 0 Å². The highest BCUT2D eigenvalue weighted by Crippen LogP contribution is 2.38. The molecule has 1 aromatic rings. The first-order valence-electron chi connectivity index (χ1n) is 8.76. The number of nitrogens with zero attached hydrogens (tertiary/aromatic N) is 1. The van der Waals surface area contributed by atoms with Gasteiger partial charge < -0.3 is 5.32 Å². The predicted octanol–water partition coefficient (Wildman–Crippen LogP) is 3.78. The fraction of sp³-hybridized carbons (Fsp3) is 0.684. The number of nitrogens with one attached hydrogen (secondary N) is 1. The Morgan fingerprint density at radius 3 is 2.62 bits per heavy atom. The molecule has 0 aromatic heterocycles. The van der Waals surface area contributed by atoms with Crippen LogP contribution >= 0.6 is 0 Å². The topological polar surface area (TPSA) is 15.3 Å². The summed E-state index contributed by atoms with van der Waals surface area (Å²) in [7, 11) is 0. The van der Waals surface area contributed by atoms with Crippen molar-refractivity contribution in [1.29, 1.82) is 0 Å². The standard InChI is InChI=1S/C19H30N2/c1-3-17-6-8-18(9-7-17)16(2)21-13-5-11-19(15-21)10-4-12-20-14-19/h6-9,16,20H,3-5,10-15H2,1-2H3. The Bertz CT molecular complexity index is 440. The highest BCUT2D eigenvalue weighted by atomic mass is 15.2. The van der Waals surface area contributed by atoms with Crippen molar-refractivity contribution in [2.45, 2.75) is 52.0 Å². The lowest BCUT2D eigenvalue weighted by Gasteiger charge is -2.47. The zero-order valence-corrected chi connectivity index (χ0v) is 13.7. The lowest BCUT2D eigenvalue weighted by molar-refractivity contribution is 0.0416. The van der Waals surface area contributed by atoms with Crippen LogP contribution in [-0.4, -0.2) is 31.1 Å². The molecule has 2 aliphatic rings. The molecule has 2 atom stereocenters. The molecule has 2 heteroatoms. The van der Waals surface area contributed by atoms with Gasteiger partial charge in [-0.05, 0) is 68.7 Å². The molecule has 1 N–H and O–H groups in total. The van der Waals surface area contributed by atoms with E-state index in [0.29, 0.717) is 11.5 Å². The van der Waals surface area contributed by atoms with Gasteiger partial charge in [-0.1, -0.05) is 31.2 Å². The maximum absolute atomic E-state index is 3.63. The van der Waals surface area contributed by atoms with Crippen LogP contribution in [0.3, 0.4) is 0 Å². The van der Waals surface area contributed by atoms with Crippen molar-refractivity contribution in [3.63, 3.8) is 0 Å². The van der Waals surface area contributed by atoms with Gasteiger partial charge in [0.05, 0.1) is 0 Å². The van der Waals surface area contributed by atoms with Crippen molar-refractivity contribution >= 4 is 0 Å². The van der Waals surface area contributed by atoms with E-state index in [9.17, 15) is 0 Å². The fourth-order valence-electron chi connectivity index (χ4n) is 4.20. The summed E-state index contributed by atoms with van der Waals surface area (Å²) in [5, 5.41) is 3.63. The molecule has 2 unspecified atom stereocenters. The molecule has 2 heterocycles. The van der Waals surface area contributed by atoms with E-state index in [1.165, 1.54) is 63.0 Å². The second-order valence-electron chi connectivity index (χ2n) is 7.13. The van der Waals surface area contributed by atoms with Crippen LogP contribution in [0.4, 0.5) is 0 Å². The van der Waals surface area contributed by atoms with Crippen LogP contribution in [0.5, 0.6) is 0 Å². The van der Waals surface area contributed by atoms with Gasteiger partial charge in [-0.25, -0.2) is 0 Å². The summed E-state index contributed by atoms with van der Waals surface area (Å²) in [6.45, 7) is 9.59. The van der Waals surface area contributed by atoms with Gasteiger partial charge in [-0.3, -0.25) is 4.90 Å². The Kier molecular flexibility index (Phi) is 4.66. The van der Waals surface area contributed by atoms with Crippen molar-refractivity contribution in [1.82, 2.24) is 10.2 Å². The number of piperidine rings is 2. The summed E-state index contributed by atoms with van der Waals surface area (Å²) < 4.78 is 0. The normalized spacial score (nSPS) is 28.7. The van der Waals surface area contributed by atoms with E-state index in [1.54, 1.807) is 0 Å². The number of benzene rings is 1. The molecule has 2 saturated heterocycles. The summed E-state index contributed by atoms with van der Waals surface area (Å²) in [5.41, 5.74) is 3.47. The fourth-order valence-corrected chi connectivity index (χ4v) is 4.20. The van der Waals surface area contributed by atoms with Crippen molar-refractivity contribution in [2.24, 2.45) is 5.41 Å². The highest BCUT2D eigenvalue weighted by Gasteiger charge is 2.37. The lowest BCUT2D eigenvalue weighted by atomic mass is 9.74. The van der Waals surface area contributed by atoms with E-state index in [2.05, 4.69) is 48.3 Å². The zero-order valence-electron chi connectivity index (χ0n) is 13.7. The zero-order chi connectivity index (χ0) is 14.7. The maximum atomic E-state index is 3.63. The minimum absolute atomic E-state index is 0.550. The largest absolute Gasteiger partial charge is 0.316 e. The molecule has 2 fully saturated rings. The van der Waals surface area contributed by atoms with E-state index in [-0.39, 0.29) is 0 Å². The van der Waals surface area contributed by atoms with E-state index < -0.39 is 0 Å². The van der Waals surface area contributed by atoms with Gasteiger partial charge in [0.15, 0.2) is 0 Å². The first-order valence-corrected chi connectivity index (χ1v) is 8.76. The van der Waals surface area contributed by atoms with Crippen LogP contribution in [0.25, 0.3) is 0 Å². The molecular formula is C19H30N2. The number of hydrogen-bond donors (Lipinski definition) is 1. The van der Waals surface area contributed by atoms with Crippen LogP contribution in [0.15, 0.2) is 24.3 Å². The SMILES string of the molecule is CCc1ccc(C(C)N2CCCC3(CCCNC3)C2)cc1. The van der Waals surface area contributed by atoms with Gasteiger partial charge in [-0.15, -0.1) is 0 Å². The molecule has 0 amide bonds. The Balaban J connectivity index is 1.69. The smallest absolute Gasteiger partial charge is 0.0320 e. The van der Waals surface area contributed by atoms with Crippen LogP contribution in [-0.2, 0) is 6.42 Å². The molecule has 0 saturated carbocycles. The predicted molar refractivity (Wildman–Crippen MR) is 89.6 cm³/mol. The third kappa shape index (κ3) is 3.32. The molecule has 1 spiro atoms. The van der Waals surface area contributed by atoms with Gasteiger partial charge >= 0.3 is 0 Å². The van der Waals surface area contributed by atoms with E-state index >= 15 is 0 Å². The van der Waals surface area contributed by atoms with Gasteiger partial charge in [-0.2, -0.15) is 0 Å². The summed E-state index contributed by atoms with van der Waals surface area (Å²) in [6, 6.07) is 9.82. The van der Waals surface area contributed by atoms with Crippen LogP contribution in [0.1, 0.15) is 56.7 Å². The minimum Gasteiger partial charge on any atom is -0.316 e. The van der Waals surface area contributed by atoms with E-state index in [4.69, 9.17) is 0 Å². The third-order valence-corrected chi connectivity index (χ3v) is 5.67. The highest BCUT2D eigenvalue weighted by molar-refractivity contribution is 5.25. The lowest BCUT2D eigenvalue weighted by Crippen LogP contribution is -2.51. The minimum atomic E-state index is 0.550. The Labute approximate surface area is 129 Å². The van der Waals surface area contributed by atoms with E-state index in [1.807, 2.05) is 0 Å². The molecule has 3 rings (SSSR count). The van der Waals surface area contributed by atoms with Crippen LogP contribution < -0.4 is 5.32 Å². The third-order valence-electron chi connectivity index (χ3n) is 5.67. The summed E-state index contributed by atoms with van der Waals surface area (Å²) in [5.74, 6) is 0. The molecule has 21 heavy (non-hydrogen) atoms. The molecular weight excluding hydrogens is 256 g/mol. The molecule has 116 valence electrons. The van der Waals surface area contributed by atoms with Gasteiger partial charge in [0.1, 0.15) is 0 Å². The summed E-state index contributed by atoms with van der Waals surface area (Å²) in [6.07, 6.45) is 6.68. The Morgan fingerprint density at radius 1 is 1.19 bits per heavy atom. The molecule has 0 bridgehead atoms. The second-order valence-corrected chi connectivity index (χ2v) is 7.13. The maximum Gasteiger partial charge on any atom is 0.0320 e. The van der Waals surface area contributed by atoms with Crippen LogP contribution in [0.2, 0.25) is 0 Å². The first kappa shape index (κ1) is 15.1. The molecule has 1 aromatic carbocycles. The number of likely N-dealkylation sites (tertiary alicyclic amines) is 1. The summed E-state index contributed by atoms with van der Waals surface area (Å²) >= 11 is 0. The second kappa shape index (κ2) is 6.50. The molecule has 0 radical (unpaired) electrons. The van der Waals surface area contributed by atoms with Crippen molar-refractivity contribution in [3.8, 4) is 0 Å². The average molecular weight is 286 g/mol. The Morgan fingerprint density at radius 2 is 1.95 bits per heavy atom. The molecule has 2 nitrogen and oxygen atoms in total. The van der Waals surface area contributed by atoms with Crippen molar-refractivity contribution in [2.75, 3.05) is 26.2 Å². The number of hydrogen-bond acceptors (Lipinski definition) is 2. The Hall–Kier alpha value is -0.860.